The Morgan fingerprint density at radius 1 is 1.29 bits per heavy atom. The molecule has 0 aliphatic carbocycles. The number of para-hydroxylation sites is 1. The minimum Gasteiger partial charge on any atom is -0.489 e. The Balaban J connectivity index is 2.52. The van der Waals surface area contributed by atoms with Crippen LogP contribution in [0.15, 0.2) is 18.2 Å². The van der Waals surface area contributed by atoms with Gasteiger partial charge in [0, 0.05) is 16.6 Å². The molecule has 1 nitrogen and oxygen atoms in total. The van der Waals surface area contributed by atoms with Gasteiger partial charge in [-0.25, -0.2) is 4.39 Å². The van der Waals surface area contributed by atoms with Crippen LogP contribution in [0.3, 0.4) is 0 Å². The van der Waals surface area contributed by atoms with E-state index in [2.05, 4.69) is 15.9 Å². The van der Waals surface area contributed by atoms with E-state index in [9.17, 15) is 17.6 Å². The van der Waals surface area contributed by atoms with Crippen LogP contribution in [0.2, 0.25) is 0 Å². The monoisotopic (exact) mass is 332 g/mol. The molecule has 0 aliphatic rings. The Hall–Kier alpha value is -0.430. The molecule has 0 spiro atoms. The average Bonchev–Trinajstić information content (AvgIpc) is 2.24. The van der Waals surface area contributed by atoms with E-state index < -0.39 is 11.3 Å². The molecule has 0 bridgehead atoms. The number of alkyl halides is 4. The number of halogens is 5. The molecule has 0 radical (unpaired) electrons. The fourth-order valence-electron chi connectivity index (χ4n) is 1.12. The number of rotatable bonds is 5. The van der Waals surface area contributed by atoms with Gasteiger partial charge in [-0.05, 0) is 17.8 Å². The zero-order valence-corrected chi connectivity index (χ0v) is 11.0. The second kappa shape index (κ2) is 6.49. The van der Waals surface area contributed by atoms with E-state index in [0.717, 1.165) is 0 Å². The van der Waals surface area contributed by atoms with E-state index in [-0.39, 0.29) is 29.9 Å². The molecular weight excluding hydrogens is 324 g/mol. The summed E-state index contributed by atoms with van der Waals surface area (Å²) >= 11 is 2.96. The van der Waals surface area contributed by atoms with E-state index >= 15 is 0 Å². The molecule has 96 valence electrons. The second-order valence-corrected chi connectivity index (χ2v) is 4.72. The SMILES string of the molecule is Fc1cccc(CBr)c1OCCSC(F)(F)F. The summed E-state index contributed by atoms with van der Waals surface area (Å²) in [6, 6.07) is 4.37. The normalized spacial score (nSPS) is 11.6. The van der Waals surface area contributed by atoms with E-state index in [0.29, 0.717) is 10.9 Å². The highest BCUT2D eigenvalue weighted by Gasteiger charge is 2.27. The highest BCUT2D eigenvalue weighted by Crippen LogP contribution is 2.30. The first-order valence-electron chi connectivity index (χ1n) is 4.61. The number of thioether (sulfide) groups is 1. The maximum absolute atomic E-state index is 13.3. The van der Waals surface area contributed by atoms with Crippen LogP contribution in [0.4, 0.5) is 17.6 Å². The molecule has 0 N–H and O–H groups in total. The summed E-state index contributed by atoms with van der Waals surface area (Å²) in [5.41, 5.74) is -3.71. The molecule has 0 fully saturated rings. The lowest BCUT2D eigenvalue weighted by atomic mass is 10.2. The van der Waals surface area contributed by atoms with Crippen molar-refractivity contribution in [2.24, 2.45) is 0 Å². The van der Waals surface area contributed by atoms with Gasteiger partial charge in [0.15, 0.2) is 11.6 Å². The van der Waals surface area contributed by atoms with Gasteiger partial charge in [-0.2, -0.15) is 13.2 Å². The van der Waals surface area contributed by atoms with Gasteiger partial charge >= 0.3 is 5.51 Å². The Kier molecular flexibility index (Phi) is 5.58. The largest absolute Gasteiger partial charge is 0.489 e. The Morgan fingerprint density at radius 3 is 2.59 bits per heavy atom. The first-order valence-corrected chi connectivity index (χ1v) is 6.71. The lowest BCUT2D eigenvalue weighted by molar-refractivity contribution is -0.0329. The van der Waals surface area contributed by atoms with E-state index in [1.807, 2.05) is 0 Å². The Morgan fingerprint density at radius 2 is 2.00 bits per heavy atom. The van der Waals surface area contributed by atoms with Gasteiger partial charge in [-0.3, -0.25) is 0 Å². The van der Waals surface area contributed by atoms with Crippen molar-refractivity contribution in [2.45, 2.75) is 10.8 Å². The highest BCUT2D eigenvalue weighted by molar-refractivity contribution is 9.08. The fourth-order valence-corrected chi connectivity index (χ4v) is 1.96. The van der Waals surface area contributed by atoms with Gasteiger partial charge in [-0.1, -0.05) is 28.1 Å². The van der Waals surface area contributed by atoms with Crippen molar-refractivity contribution in [3.63, 3.8) is 0 Å². The van der Waals surface area contributed by atoms with Crippen LogP contribution in [0.1, 0.15) is 5.56 Å². The first-order chi connectivity index (χ1) is 7.94. The maximum Gasteiger partial charge on any atom is 0.441 e. The van der Waals surface area contributed by atoms with Crippen LogP contribution >= 0.6 is 27.7 Å². The van der Waals surface area contributed by atoms with Gasteiger partial charge < -0.3 is 4.74 Å². The predicted octanol–water partition coefficient (Wildman–Crippen LogP) is 4.35. The zero-order valence-electron chi connectivity index (χ0n) is 8.56. The zero-order chi connectivity index (χ0) is 12.9. The van der Waals surface area contributed by atoms with Gasteiger partial charge in [-0.15, -0.1) is 0 Å². The van der Waals surface area contributed by atoms with Gasteiger partial charge in [0.25, 0.3) is 0 Å². The average molecular weight is 333 g/mol. The van der Waals surface area contributed by atoms with Gasteiger partial charge in [0.05, 0.1) is 6.61 Å². The molecule has 1 aromatic carbocycles. The summed E-state index contributed by atoms with van der Waals surface area (Å²) in [4.78, 5) is 0. The van der Waals surface area contributed by atoms with Crippen LogP contribution < -0.4 is 4.74 Å². The predicted molar refractivity (Wildman–Crippen MR) is 63.0 cm³/mol. The third kappa shape index (κ3) is 5.16. The van der Waals surface area contributed by atoms with Crippen molar-refractivity contribution in [3.05, 3.63) is 29.6 Å². The third-order valence-electron chi connectivity index (χ3n) is 1.79. The molecule has 1 rings (SSSR count). The summed E-state index contributed by atoms with van der Waals surface area (Å²) in [6.45, 7) is -0.189. The standard InChI is InChI=1S/C10H9BrF4OS/c11-6-7-2-1-3-8(12)9(7)16-4-5-17-10(13,14)15/h1-3H,4-6H2. The topological polar surface area (TPSA) is 9.23 Å². The number of hydrogen-bond acceptors (Lipinski definition) is 2. The molecule has 0 atom stereocenters. The second-order valence-electron chi connectivity index (χ2n) is 3.00. The lowest BCUT2D eigenvalue weighted by Crippen LogP contribution is -2.09. The van der Waals surface area contributed by atoms with Crippen molar-refractivity contribution < 1.29 is 22.3 Å². The first kappa shape index (κ1) is 14.6. The number of ether oxygens (including phenoxy) is 1. The quantitative estimate of drug-likeness (QED) is 0.450. The fraction of sp³-hybridized carbons (Fsp3) is 0.400. The molecule has 1 aromatic rings. The van der Waals surface area contributed by atoms with Gasteiger partial charge in [0.2, 0.25) is 0 Å². The van der Waals surface area contributed by atoms with Crippen molar-refractivity contribution in [1.82, 2.24) is 0 Å². The van der Waals surface area contributed by atoms with Crippen LogP contribution in [-0.2, 0) is 5.33 Å². The minimum absolute atomic E-state index is 0.00662. The number of benzene rings is 1. The maximum atomic E-state index is 13.3. The highest BCUT2D eigenvalue weighted by atomic mass is 79.9. The molecule has 0 aromatic heterocycles. The van der Waals surface area contributed by atoms with Crippen molar-refractivity contribution in [1.29, 1.82) is 0 Å². The van der Waals surface area contributed by atoms with E-state index in [1.165, 1.54) is 12.1 Å². The molecular formula is C10H9BrF4OS. The van der Waals surface area contributed by atoms with Crippen LogP contribution in [0.25, 0.3) is 0 Å². The molecule has 0 saturated heterocycles. The Labute approximate surface area is 109 Å². The molecule has 0 heterocycles. The molecule has 0 unspecified atom stereocenters. The smallest absolute Gasteiger partial charge is 0.441 e. The molecule has 0 saturated carbocycles. The van der Waals surface area contributed by atoms with Crippen molar-refractivity contribution >= 4 is 27.7 Å². The Bertz CT molecular complexity index is 370. The summed E-state index contributed by atoms with van der Waals surface area (Å²) in [5.74, 6) is -0.828. The summed E-state index contributed by atoms with van der Waals surface area (Å²) in [5, 5.41) is 0.381. The molecule has 17 heavy (non-hydrogen) atoms. The third-order valence-corrected chi connectivity index (χ3v) is 3.09. The van der Waals surface area contributed by atoms with E-state index in [4.69, 9.17) is 4.74 Å². The van der Waals surface area contributed by atoms with Crippen LogP contribution in [0.5, 0.6) is 5.75 Å². The molecule has 0 aliphatic heterocycles. The minimum atomic E-state index is -4.28. The molecule has 0 amide bonds. The summed E-state index contributed by atoms with van der Waals surface area (Å²) in [6.07, 6.45) is 0. The lowest BCUT2D eigenvalue weighted by Gasteiger charge is -2.11. The summed E-state index contributed by atoms with van der Waals surface area (Å²) in [7, 11) is 0. The molecule has 7 heteroatoms. The van der Waals surface area contributed by atoms with Crippen molar-refractivity contribution in [2.75, 3.05) is 12.4 Å². The van der Waals surface area contributed by atoms with Crippen LogP contribution in [0, 0.1) is 5.82 Å². The number of hydrogen-bond donors (Lipinski definition) is 0. The van der Waals surface area contributed by atoms with Crippen LogP contribution in [-0.4, -0.2) is 17.9 Å². The van der Waals surface area contributed by atoms with E-state index in [1.54, 1.807) is 6.07 Å². The van der Waals surface area contributed by atoms with Crippen molar-refractivity contribution in [3.8, 4) is 5.75 Å². The van der Waals surface area contributed by atoms with Gasteiger partial charge in [0.1, 0.15) is 0 Å². The summed E-state index contributed by atoms with van der Waals surface area (Å²) < 4.78 is 53.8.